The summed E-state index contributed by atoms with van der Waals surface area (Å²) in [6, 6.07) is 8.50. The molecule has 0 fully saturated rings. The maximum absolute atomic E-state index is 12.7. The third-order valence-corrected chi connectivity index (χ3v) is 5.69. The Morgan fingerprint density at radius 1 is 1.09 bits per heavy atom. The molecule has 0 N–H and O–H groups in total. The fourth-order valence-electron chi connectivity index (χ4n) is 2.63. The van der Waals surface area contributed by atoms with Crippen molar-refractivity contribution >= 4 is 10.0 Å². The Labute approximate surface area is 129 Å². The second-order valence-corrected chi connectivity index (χ2v) is 6.96. The molecule has 22 heavy (non-hydrogen) atoms. The van der Waals surface area contributed by atoms with Gasteiger partial charge in [0.25, 0.3) is 0 Å². The van der Waals surface area contributed by atoms with Crippen LogP contribution in [0, 0.1) is 0 Å². The molecular formula is C15H17N3O3S. The zero-order valence-corrected chi connectivity index (χ0v) is 13.1. The number of hydrogen-bond acceptors (Lipinski definition) is 5. The molecule has 6 nitrogen and oxygen atoms in total. The number of sulfonamides is 1. The van der Waals surface area contributed by atoms with Crippen LogP contribution in [-0.4, -0.2) is 42.9 Å². The molecule has 0 aliphatic carbocycles. The zero-order valence-electron chi connectivity index (χ0n) is 12.3. The van der Waals surface area contributed by atoms with Crippen LogP contribution < -0.4 is 4.74 Å². The van der Waals surface area contributed by atoms with Gasteiger partial charge >= 0.3 is 0 Å². The summed E-state index contributed by atoms with van der Waals surface area (Å²) in [5.41, 5.74) is 1.76. The molecule has 2 heterocycles. The summed E-state index contributed by atoms with van der Waals surface area (Å²) < 4.78 is 32.2. The van der Waals surface area contributed by atoms with E-state index in [2.05, 4.69) is 9.97 Å². The molecule has 116 valence electrons. The summed E-state index contributed by atoms with van der Waals surface area (Å²) in [6.07, 6.45) is 2.56. The highest BCUT2D eigenvalue weighted by molar-refractivity contribution is 7.89. The van der Waals surface area contributed by atoms with Crippen LogP contribution in [-0.2, 0) is 22.9 Å². The number of nitrogens with zero attached hydrogens (tertiary/aromatic N) is 3. The van der Waals surface area contributed by atoms with Gasteiger partial charge in [0.15, 0.2) is 0 Å². The Morgan fingerprint density at radius 3 is 2.55 bits per heavy atom. The predicted molar refractivity (Wildman–Crippen MR) is 81.2 cm³/mol. The maximum atomic E-state index is 12.7. The van der Waals surface area contributed by atoms with Gasteiger partial charge in [-0.1, -0.05) is 18.2 Å². The highest BCUT2D eigenvalue weighted by Gasteiger charge is 2.28. The van der Waals surface area contributed by atoms with Crippen molar-refractivity contribution in [2.24, 2.45) is 0 Å². The summed E-state index contributed by atoms with van der Waals surface area (Å²) >= 11 is 0. The lowest BCUT2D eigenvalue weighted by Crippen LogP contribution is -2.33. The average Bonchev–Trinajstić information content (AvgIpc) is 2.78. The normalized spacial score (nSPS) is 15.9. The van der Waals surface area contributed by atoms with Gasteiger partial charge in [-0.2, -0.15) is 4.31 Å². The smallest absolute Gasteiger partial charge is 0.243 e. The van der Waals surface area contributed by atoms with E-state index in [4.69, 9.17) is 4.74 Å². The highest BCUT2D eigenvalue weighted by Crippen LogP contribution is 2.24. The maximum Gasteiger partial charge on any atom is 0.243 e. The minimum Gasteiger partial charge on any atom is -0.481 e. The lowest BCUT2D eigenvalue weighted by atomic mass is 10.1. The van der Waals surface area contributed by atoms with Crippen molar-refractivity contribution in [3.05, 3.63) is 47.9 Å². The topological polar surface area (TPSA) is 72.4 Å². The summed E-state index contributed by atoms with van der Waals surface area (Å²) in [6.45, 7) is 0.804. The second-order valence-electron chi connectivity index (χ2n) is 5.03. The largest absolute Gasteiger partial charge is 0.481 e. The van der Waals surface area contributed by atoms with E-state index in [0.717, 1.165) is 11.3 Å². The van der Waals surface area contributed by atoms with Gasteiger partial charge in [0.05, 0.1) is 17.7 Å². The van der Waals surface area contributed by atoms with Crippen molar-refractivity contribution in [2.45, 2.75) is 17.7 Å². The number of rotatable bonds is 3. The molecule has 2 aromatic rings. The van der Waals surface area contributed by atoms with Crippen molar-refractivity contribution in [3.8, 4) is 5.88 Å². The van der Waals surface area contributed by atoms with Crippen molar-refractivity contribution < 1.29 is 13.2 Å². The first kappa shape index (κ1) is 14.9. The van der Waals surface area contributed by atoms with Gasteiger partial charge in [0.2, 0.25) is 15.9 Å². The molecule has 0 atom stereocenters. The van der Waals surface area contributed by atoms with Crippen LogP contribution in [0.3, 0.4) is 0 Å². The van der Waals surface area contributed by atoms with Gasteiger partial charge in [-0.3, -0.25) is 0 Å². The Hall–Kier alpha value is -1.99. The second kappa shape index (κ2) is 6.02. The van der Waals surface area contributed by atoms with Crippen LogP contribution in [0.2, 0.25) is 0 Å². The first-order valence-electron chi connectivity index (χ1n) is 7.05. The molecule has 1 aromatic carbocycles. The van der Waals surface area contributed by atoms with E-state index in [0.29, 0.717) is 36.7 Å². The Morgan fingerprint density at radius 2 is 1.82 bits per heavy atom. The molecule has 7 heteroatoms. The van der Waals surface area contributed by atoms with Crippen LogP contribution in [0.15, 0.2) is 41.6 Å². The predicted octanol–water partition coefficient (Wildman–Crippen LogP) is 1.27. The van der Waals surface area contributed by atoms with Crippen LogP contribution >= 0.6 is 0 Å². The molecule has 0 spiro atoms. The van der Waals surface area contributed by atoms with E-state index in [1.807, 2.05) is 0 Å². The highest BCUT2D eigenvalue weighted by atomic mass is 32.2. The van der Waals surface area contributed by atoms with Crippen LogP contribution in [0.4, 0.5) is 0 Å². The van der Waals surface area contributed by atoms with E-state index in [9.17, 15) is 8.42 Å². The first-order valence-corrected chi connectivity index (χ1v) is 8.49. The number of ether oxygens (including phenoxy) is 1. The summed E-state index contributed by atoms with van der Waals surface area (Å²) in [5, 5.41) is 0. The minimum atomic E-state index is -3.48. The molecule has 0 saturated carbocycles. The molecular weight excluding hydrogens is 302 g/mol. The fraction of sp³-hybridized carbons (Fsp3) is 0.333. The van der Waals surface area contributed by atoms with Gasteiger partial charge in [0.1, 0.15) is 6.33 Å². The third-order valence-electron chi connectivity index (χ3n) is 3.78. The number of aromatic nitrogens is 2. The van der Waals surface area contributed by atoms with Crippen LogP contribution in [0.5, 0.6) is 5.88 Å². The SMILES string of the molecule is COc1ncnc2c1CCN(S(=O)(=O)c1ccccc1)CC2. The van der Waals surface area contributed by atoms with Gasteiger partial charge < -0.3 is 4.74 Å². The molecule has 0 unspecified atom stereocenters. The quantitative estimate of drug-likeness (QED) is 0.852. The number of hydrogen-bond donors (Lipinski definition) is 0. The first-order chi connectivity index (χ1) is 10.6. The molecule has 0 radical (unpaired) electrons. The number of benzene rings is 1. The molecule has 1 aliphatic heterocycles. The average molecular weight is 319 g/mol. The lowest BCUT2D eigenvalue weighted by molar-refractivity contribution is 0.388. The van der Waals surface area contributed by atoms with E-state index in [1.165, 1.54) is 10.6 Å². The van der Waals surface area contributed by atoms with Gasteiger partial charge in [-0.05, 0) is 18.6 Å². The summed E-state index contributed by atoms with van der Waals surface area (Å²) in [5.74, 6) is 0.531. The van der Waals surface area contributed by atoms with Gasteiger partial charge in [0, 0.05) is 25.1 Å². The van der Waals surface area contributed by atoms with Crippen molar-refractivity contribution in [3.63, 3.8) is 0 Å². The van der Waals surface area contributed by atoms with Gasteiger partial charge in [-0.25, -0.2) is 18.4 Å². The monoisotopic (exact) mass is 319 g/mol. The fourth-order valence-corrected chi connectivity index (χ4v) is 4.10. The van der Waals surface area contributed by atoms with E-state index in [1.54, 1.807) is 37.4 Å². The summed E-state index contributed by atoms with van der Waals surface area (Å²) in [7, 11) is -1.92. The van der Waals surface area contributed by atoms with Crippen LogP contribution in [0.1, 0.15) is 11.3 Å². The molecule has 0 bridgehead atoms. The van der Waals surface area contributed by atoms with Crippen LogP contribution in [0.25, 0.3) is 0 Å². The van der Waals surface area contributed by atoms with Crippen molar-refractivity contribution in [2.75, 3.05) is 20.2 Å². The number of fused-ring (bicyclic) bond motifs is 1. The van der Waals surface area contributed by atoms with E-state index >= 15 is 0 Å². The lowest BCUT2D eigenvalue weighted by Gasteiger charge is -2.19. The Balaban J connectivity index is 1.89. The summed E-state index contributed by atoms with van der Waals surface area (Å²) in [4.78, 5) is 8.68. The minimum absolute atomic E-state index is 0.319. The number of methoxy groups -OCH3 is 1. The molecule has 0 saturated heterocycles. The van der Waals surface area contributed by atoms with E-state index < -0.39 is 10.0 Å². The van der Waals surface area contributed by atoms with Crippen molar-refractivity contribution in [1.29, 1.82) is 0 Å². The van der Waals surface area contributed by atoms with Gasteiger partial charge in [-0.15, -0.1) is 0 Å². The molecule has 0 amide bonds. The van der Waals surface area contributed by atoms with Crippen molar-refractivity contribution in [1.82, 2.24) is 14.3 Å². The molecule has 1 aliphatic rings. The molecule has 1 aromatic heterocycles. The molecule has 3 rings (SSSR count). The standard InChI is InChI=1S/C15H17N3O3S/c1-21-15-13-7-9-18(10-8-14(13)16-11-17-15)22(19,20)12-5-3-2-4-6-12/h2-6,11H,7-10H2,1H3. The Bertz CT molecular complexity index is 763. The third kappa shape index (κ3) is 2.69. The zero-order chi connectivity index (χ0) is 15.6. The Kier molecular flexibility index (Phi) is 4.08. The van der Waals surface area contributed by atoms with E-state index in [-0.39, 0.29) is 0 Å².